The van der Waals surface area contributed by atoms with Crippen LogP contribution in [-0.4, -0.2) is 19.6 Å². The van der Waals surface area contributed by atoms with E-state index in [0.717, 1.165) is 4.47 Å². The molecular weight excluding hydrogens is 367 g/mol. The molecule has 0 aliphatic rings. The first kappa shape index (κ1) is 13.6. The van der Waals surface area contributed by atoms with Crippen LogP contribution in [0.2, 0.25) is 10.2 Å². The molecule has 0 atom stereocenters. The molecule has 0 radical (unpaired) electrons. The molecule has 0 saturated heterocycles. The Bertz CT molecular complexity index is 805. The number of benzene rings is 1. The Kier molecular flexibility index (Phi) is 3.54. The summed E-state index contributed by atoms with van der Waals surface area (Å²) in [6, 6.07) is 5.33. The third-order valence-corrected chi connectivity index (χ3v) is 3.81. The second-order valence-electron chi connectivity index (χ2n) is 3.98. The lowest BCUT2D eigenvalue weighted by molar-refractivity contribution is 0.442. The maximum atomic E-state index is 6.15. The number of rotatable bonds is 2. The third-order valence-electron chi connectivity index (χ3n) is 2.65. The summed E-state index contributed by atoms with van der Waals surface area (Å²) in [6.07, 6.45) is 1.38. The summed E-state index contributed by atoms with van der Waals surface area (Å²) in [5, 5.41) is 4.86. The van der Waals surface area contributed by atoms with Crippen LogP contribution >= 0.6 is 39.1 Å². The Hall–Kier alpha value is -1.37. The van der Waals surface area contributed by atoms with Gasteiger partial charge in [0, 0.05) is 10.0 Å². The molecule has 8 heteroatoms. The van der Waals surface area contributed by atoms with Crippen molar-refractivity contribution in [1.82, 2.24) is 19.6 Å². The highest BCUT2D eigenvalue weighted by Crippen LogP contribution is 2.34. The summed E-state index contributed by atoms with van der Waals surface area (Å²) in [4.78, 5) is 8.10. The third kappa shape index (κ3) is 2.34. The molecule has 3 rings (SSSR count). The van der Waals surface area contributed by atoms with Crippen LogP contribution in [0.25, 0.3) is 5.78 Å². The van der Waals surface area contributed by atoms with Gasteiger partial charge in [0.25, 0.3) is 5.78 Å². The number of hydrogen-bond acceptors (Lipinski definition) is 4. The Labute approximate surface area is 132 Å². The molecule has 20 heavy (non-hydrogen) atoms. The van der Waals surface area contributed by atoms with Crippen molar-refractivity contribution in [2.24, 2.45) is 0 Å². The van der Waals surface area contributed by atoms with Crippen molar-refractivity contribution in [3.63, 3.8) is 0 Å². The minimum Gasteiger partial charge on any atom is -0.437 e. The molecule has 0 unspecified atom stereocenters. The first-order valence-electron chi connectivity index (χ1n) is 5.55. The van der Waals surface area contributed by atoms with Crippen molar-refractivity contribution in [3.8, 4) is 11.6 Å². The van der Waals surface area contributed by atoms with Gasteiger partial charge in [0.2, 0.25) is 5.88 Å². The maximum Gasteiger partial charge on any atom is 0.256 e. The second-order valence-corrected chi connectivity index (χ2v) is 5.66. The Morgan fingerprint density at radius 3 is 2.85 bits per heavy atom. The highest BCUT2D eigenvalue weighted by molar-refractivity contribution is 9.10. The van der Waals surface area contributed by atoms with Crippen molar-refractivity contribution in [2.75, 3.05) is 0 Å². The normalized spacial score (nSPS) is 11.0. The van der Waals surface area contributed by atoms with E-state index in [0.29, 0.717) is 33.1 Å². The van der Waals surface area contributed by atoms with Crippen LogP contribution in [0.3, 0.4) is 0 Å². The van der Waals surface area contributed by atoms with Crippen LogP contribution in [0.5, 0.6) is 11.6 Å². The molecule has 2 aromatic heterocycles. The predicted octanol–water partition coefficient (Wildman–Crippen LogP) is 4.29. The predicted molar refractivity (Wildman–Crippen MR) is 79.8 cm³/mol. The van der Waals surface area contributed by atoms with E-state index in [1.54, 1.807) is 19.1 Å². The summed E-state index contributed by atoms with van der Waals surface area (Å²) in [5.74, 6) is 1.29. The van der Waals surface area contributed by atoms with E-state index in [1.807, 2.05) is 6.07 Å². The fraction of sp³-hybridized carbons (Fsp3) is 0.0833. The largest absolute Gasteiger partial charge is 0.437 e. The Morgan fingerprint density at radius 1 is 1.30 bits per heavy atom. The number of aromatic nitrogens is 4. The smallest absolute Gasteiger partial charge is 0.256 e. The number of hydrogen-bond donors (Lipinski definition) is 0. The van der Waals surface area contributed by atoms with Gasteiger partial charge in [-0.25, -0.2) is 0 Å². The van der Waals surface area contributed by atoms with Gasteiger partial charge in [-0.05, 0) is 25.1 Å². The molecule has 0 bridgehead atoms. The molecule has 5 nitrogen and oxygen atoms in total. The molecule has 0 N–H and O–H groups in total. The van der Waals surface area contributed by atoms with Crippen molar-refractivity contribution in [3.05, 3.63) is 44.7 Å². The molecular formula is C12H7BrCl2N4O. The van der Waals surface area contributed by atoms with E-state index in [-0.39, 0.29) is 0 Å². The van der Waals surface area contributed by atoms with Gasteiger partial charge < -0.3 is 4.74 Å². The van der Waals surface area contributed by atoms with Gasteiger partial charge in [0.05, 0.1) is 5.02 Å². The quantitative estimate of drug-likeness (QED) is 0.628. The van der Waals surface area contributed by atoms with Crippen LogP contribution in [0.1, 0.15) is 5.56 Å². The average molecular weight is 374 g/mol. The fourth-order valence-corrected chi connectivity index (χ4v) is 2.52. The minimum atomic E-state index is 0.314. The highest BCUT2D eigenvalue weighted by Gasteiger charge is 2.15. The SMILES string of the molecule is Cc1c(Cl)nc2ncnn2c1Oc1ccc(Br)cc1Cl. The first-order chi connectivity index (χ1) is 9.56. The molecule has 0 amide bonds. The number of nitrogens with zero attached hydrogens (tertiary/aromatic N) is 4. The monoisotopic (exact) mass is 372 g/mol. The van der Waals surface area contributed by atoms with Crippen molar-refractivity contribution < 1.29 is 4.74 Å². The van der Waals surface area contributed by atoms with Crippen LogP contribution < -0.4 is 4.74 Å². The van der Waals surface area contributed by atoms with E-state index >= 15 is 0 Å². The van der Waals surface area contributed by atoms with E-state index in [9.17, 15) is 0 Å². The van der Waals surface area contributed by atoms with Gasteiger partial charge in [-0.3, -0.25) is 0 Å². The molecule has 0 spiro atoms. The van der Waals surface area contributed by atoms with Crippen molar-refractivity contribution in [1.29, 1.82) is 0 Å². The second kappa shape index (κ2) is 5.20. The zero-order valence-corrected chi connectivity index (χ0v) is 13.2. The van der Waals surface area contributed by atoms with Gasteiger partial charge >= 0.3 is 0 Å². The molecule has 102 valence electrons. The standard InChI is InChI=1S/C12H7BrCl2N4O/c1-6-10(15)18-12-16-5-17-19(12)11(6)20-9-3-2-7(13)4-8(9)14/h2-5H,1H3. The molecule has 3 aromatic rings. The van der Waals surface area contributed by atoms with Crippen LogP contribution in [0, 0.1) is 6.92 Å². The molecule has 0 aliphatic heterocycles. The molecule has 0 fully saturated rings. The maximum absolute atomic E-state index is 6.15. The van der Waals surface area contributed by atoms with Gasteiger partial charge in [0.1, 0.15) is 17.2 Å². The summed E-state index contributed by atoms with van der Waals surface area (Å²) >= 11 is 15.6. The van der Waals surface area contributed by atoms with E-state index in [4.69, 9.17) is 27.9 Å². The van der Waals surface area contributed by atoms with Gasteiger partial charge in [0.15, 0.2) is 0 Å². The molecule has 0 saturated carbocycles. The Balaban J connectivity index is 2.14. The zero-order chi connectivity index (χ0) is 14.3. The number of ether oxygens (including phenoxy) is 1. The Morgan fingerprint density at radius 2 is 2.10 bits per heavy atom. The summed E-state index contributed by atoms with van der Waals surface area (Å²) in [5.41, 5.74) is 0.656. The van der Waals surface area contributed by atoms with Crippen LogP contribution in [0.15, 0.2) is 29.0 Å². The number of halogens is 3. The fourth-order valence-electron chi connectivity index (χ4n) is 1.66. The van der Waals surface area contributed by atoms with E-state index in [1.165, 1.54) is 10.8 Å². The lowest BCUT2D eigenvalue weighted by Gasteiger charge is -2.11. The lowest BCUT2D eigenvalue weighted by Crippen LogP contribution is -2.01. The van der Waals surface area contributed by atoms with Gasteiger partial charge in [-0.1, -0.05) is 39.1 Å². The van der Waals surface area contributed by atoms with Crippen LogP contribution in [0.4, 0.5) is 0 Å². The van der Waals surface area contributed by atoms with Crippen molar-refractivity contribution >= 4 is 44.9 Å². The highest BCUT2D eigenvalue weighted by atomic mass is 79.9. The van der Waals surface area contributed by atoms with E-state index in [2.05, 4.69) is 31.0 Å². The molecule has 2 heterocycles. The lowest BCUT2D eigenvalue weighted by atomic mass is 10.3. The summed E-state index contributed by atoms with van der Waals surface area (Å²) in [6.45, 7) is 1.79. The average Bonchev–Trinajstić information content (AvgIpc) is 2.85. The zero-order valence-electron chi connectivity index (χ0n) is 10.1. The summed E-state index contributed by atoms with van der Waals surface area (Å²) in [7, 11) is 0. The first-order valence-corrected chi connectivity index (χ1v) is 7.10. The van der Waals surface area contributed by atoms with Gasteiger partial charge in [-0.2, -0.15) is 19.6 Å². The minimum absolute atomic E-state index is 0.314. The van der Waals surface area contributed by atoms with E-state index < -0.39 is 0 Å². The van der Waals surface area contributed by atoms with Crippen LogP contribution in [-0.2, 0) is 0 Å². The molecule has 1 aromatic carbocycles. The van der Waals surface area contributed by atoms with Gasteiger partial charge in [-0.15, -0.1) is 0 Å². The van der Waals surface area contributed by atoms with Crippen molar-refractivity contribution in [2.45, 2.75) is 6.92 Å². The topological polar surface area (TPSA) is 52.3 Å². The number of fused-ring (bicyclic) bond motifs is 1. The molecule has 0 aliphatic carbocycles. The summed E-state index contributed by atoms with van der Waals surface area (Å²) < 4.78 is 8.17.